The molecule has 20 heavy (non-hydrogen) atoms. The number of nitrogens with zero attached hydrogens (tertiary/aromatic N) is 1. The number of benzene rings is 1. The first-order valence-corrected chi connectivity index (χ1v) is 7.16. The van der Waals surface area contributed by atoms with E-state index in [2.05, 4.69) is 5.32 Å². The minimum atomic E-state index is -0.460. The maximum atomic E-state index is 12.6. The Bertz CT molecular complexity index is 539. The highest BCUT2D eigenvalue weighted by Crippen LogP contribution is 2.24. The van der Waals surface area contributed by atoms with E-state index in [0.717, 1.165) is 17.7 Å². The predicted molar refractivity (Wildman–Crippen MR) is 79.7 cm³/mol. The summed E-state index contributed by atoms with van der Waals surface area (Å²) in [5.41, 5.74) is 3.11. The number of rotatable bonds is 3. The quantitative estimate of drug-likeness (QED) is 0.919. The third-order valence-electron chi connectivity index (χ3n) is 3.96. The van der Waals surface area contributed by atoms with Crippen molar-refractivity contribution in [3.05, 3.63) is 29.3 Å². The highest BCUT2D eigenvalue weighted by molar-refractivity contribution is 6.08. The van der Waals surface area contributed by atoms with Gasteiger partial charge in [0.1, 0.15) is 12.1 Å². The van der Waals surface area contributed by atoms with Crippen molar-refractivity contribution in [2.75, 3.05) is 4.90 Å². The molecule has 0 aromatic heterocycles. The topological polar surface area (TPSA) is 49.4 Å². The molecule has 4 nitrogen and oxygen atoms in total. The summed E-state index contributed by atoms with van der Waals surface area (Å²) < 4.78 is 0. The maximum Gasteiger partial charge on any atom is 0.250 e. The summed E-state index contributed by atoms with van der Waals surface area (Å²) in [7, 11) is 0. The van der Waals surface area contributed by atoms with Gasteiger partial charge in [0.2, 0.25) is 11.8 Å². The van der Waals surface area contributed by atoms with Crippen molar-refractivity contribution in [2.45, 2.75) is 52.6 Å². The van der Waals surface area contributed by atoms with E-state index < -0.39 is 12.1 Å². The second-order valence-corrected chi connectivity index (χ2v) is 5.50. The summed E-state index contributed by atoms with van der Waals surface area (Å²) in [5.74, 6) is -0.0940. The molecule has 1 aliphatic heterocycles. The van der Waals surface area contributed by atoms with Crippen LogP contribution < -0.4 is 10.2 Å². The molecule has 0 aliphatic carbocycles. The van der Waals surface area contributed by atoms with Crippen molar-refractivity contribution in [2.24, 2.45) is 0 Å². The number of carbonyl (C=O) groups excluding carboxylic acids is 2. The first-order chi connectivity index (χ1) is 9.45. The van der Waals surface area contributed by atoms with Gasteiger partial charge in [0.05, 0.1) is 0 Å². The molecule has 108 valence electrons. The molecular weight excluding hydrogens is 252 g/mol. The molecule has 1 aromatic rings. The van der Waals surface area contributed by atoms with Crippen LogP contribution in [0.1, 0.15) is 37.8 Å². The van der Waals surface area contributed by atoms with Gasteiger partial charge in [-0.2, -0.15) is 0 Å². The monoisotopic (exact) mass is 274 g/mol. The lowest BCUT2D eigenvalue weighted by Crippen LogP contribution is -2.62. The van der Waals surface area contributed by atoms with Gasteiger partial charge in [-0.1, -0.05) is 19.4 Å². The van der Waals surface area contributed by atoms with Crippen molar-refractivity contribution in [3.8, 4) is 0 Å². The third-order valence-corrected chi connectivity index (χ3v) is 3.96. The fraction of sp³-hybridized carbons (Fsp3) is 0.500. The minimum absolute atomic E-state index is 0.0118. The molecule has 4 heteroatoms. The number of hydrogen-bond donors (Lipinski definition) is 1. The Hall–Kier alpha value is -1.84. The van der Waals surface area contributed by atoms with E-state index in [1.54, 1.807) is 11.8 Å². The van der Waals surface area contributed by atoms with Crippen molar-refractivity contribution in [1.82, 2.24) is 5.32 Å². The van der Waals surface area contributed by atoms with Crippen LogP contribution in [-0.4, -0.2) is 23.9 Å². The molecule has 1 fully saturated rings. The number of anilines is 1. The molecule has 1 heterocycles. The standard InChI is InChI=1S/C16H22N2O2/c1-5-6-14-16(20)18(12(4)15(19)17-14)13-8-7-10(2)11(3)9-13/h7-9,12,14H,5-6H2,1-4H3,(H,17,19). The van der Waals surface area contributed by atoms with Gasteiger partial charge in [0.15, 0.2) is 0 Å². The summed E-state index contributed by atoms with van der Waals surface area (Å²) in [5, 5.41) is 2.81. The van der Waals surface area contributed by atoms with Crippen LogP contribution in [0.4, 0.5) is 5.69 Å². The highest BCUT2D eigenvalue weighted by Gasteiger charge is 2.38. The molecule has 0 saturated carbocycles. The molecular formula is C16H22N2O2. The predicted octanol–water partition coefficient (Wildman–Crippen LogP) is 2.32. The Morgan fingerprint density at radius 2 is 1.90 bits per heavy atom. The van der Waals surface area contributed by atoms with Crippen LogP contribution in [0.3, 0.4) is 0 Å². The number of nitrogens with one attached hydrogen (secondary N) is 1. The van der Waals surface area contributed by atoms with Crippen LogP contribution in [0, 0.1) is 13.8 Å². The SMILES string of the molecule is CCCC1NC(=O)C(C)N(c2ccc(C)c(C)c2)C1=O. The first-order valence-electron chi connectivity index (χ1n) is 7.16. The van der Waals surface area contributed by atoms with E-state index in [0.29, 0.717) is 6.42 Å². The average molecular weight is 274 g/mol. The Kier molecular flexibility index (Phi) is 4.12. The fourth-order valence-corrected chi connectivity index (χ4v) is 2.54. The number of carbonyl (C=O) groups is 2. The summed E-state index contributed by atoms with van der Waals surface area (Å²) >= 11 is 0. The molecule has 1 aromatic carbocycles. The van der Waals surface area contributed by atoms with E-state index in [1.807, 2.05) is 39.0 Å². The van der Waals surface area contributed by atoms with Crippen LogP contribution >= 0.6 is 0 Å². The largest absolute Gasteiger partial charge is 0.342 e. The van der Waals surface area contributed by atoms with Gasteiger partial charge >= 0.3 is 0 Å². The molecule has 2 amide bonds. The number of piperazine rings is 1. The van der Waals surface area contributed by atoms with Crippen molar-refractivity contribution in [3.63, 3.8) is 0 Å². The molecule has 2 atom stereocenters. The lowest BCUT2D eigenvalue weighted by atomic mass is 10.0. The molecule has 0 radical (unpaired) electrons. The van der Waals surface area contributed by atoms with E-state index in [-0.39, 0.29) is 11.8 Å². The zero-order chi connectivity index (χ0) is 14.9. The van der Waals surface area contributed by atoms with E-state index >= 15 is 0 Å². The summed E-state index contributed by atoms with van der Waals surface area (Å²) in [6, 6.07) is 5.03. The second-order valence-electron chi connectivity index (χ2n) is 5.50. The van der Waals surface area contributed by atoms with E-state index in [1.165, 1.54) is 5.56 Å². The summed E-state index contributed by atoms with van der Waals surface area (Å²) in [6.07, 6.45) is 1.55. The normalized spacial score (nSPS) is 22.9. The Morgan fingerprint density at radius 3 is 2.50 bits per heavy atom. The summed E-state index contributed by atoms with van der Waals surface area (Å²) in [4.78, 5) is 26.3. The molecule has 1 N–H and O–H groups in total. The van der Waals surface area contributed by atoms with Crippen molar-refractivity contribution < 1.29 is 9.59 Å². The van der Waals surface area contributed by atoms with Gasteiger partial charge in [-0.05, 0) is 50.5 Å². The van der Waals surface area contributed by atoms with Crippen LogP contribution in [0.2, 0.25) is 0 Å². The van der Waals surface area contributed by atoms with Crippen molar-refractivity contribution in [1.29, 1.82) is 0 Å². The Morgan fingerprint density at radius 1 is 1.20 bits per heavy atom. The number of aryl methyl sites for hydroxylation is 2. The van der Waals surface area contributed by atoms with E-state index in [9.17, 15) is 9.59 Å². The van der Waals surface area contributed by atoms with Crippen LogP contribution in [-0.2, 0) is 9.59 Å². The van der Waals surface area contributed by atoms with Gasteiger partial charge in [-0.25, -0.2) is 0 Å². The van der Waals surface area contributed by atoms with Crippen LogP contribution in [0.15, 0.2) is 18.2 Å². The number of amides is 2. The van der Waals surface area contributed by atoms with Gasteiger partial charge < -0.3 is 5.32 Å². The van der Waals surface area contributed by atoms with E-state index in [4.69, 9.17) is 0 Å². The van der Waals surface area contributed by atoms with Crippen molar-refractivity contribution >= 4 is 17.5 Å². The molecule has 1 saturated heterocycles. The Labute approximate surface area is 120 Å². The summed E-state index contributed by atoms with van der Waals surface area (Å²) in [6.45, 7) is 7.83. The lowest BCUT2D eigenvalue weighted by molar-refractivity contribution is -0.133. The average Bonchev–Trinajstić information content (AvgIpc) is 2.40. The fourth-order valence-electron chi connectivity index (χ4n) is 2.54. The zero-order valence-electron chi connectivity index (χ0n) is 12.6. The lowest BCUT2D eigenvalue weighted by Gasteiger charge is -2.37. The van der Waals surface area contributed by atoms with Gasteiger partial charge in [0, 0.05) is 5.69 Å². The van der Waals surface area contributed by atoms with Crippen LogP contribution in [0.25, 0.3) is 0 Å². The van der Waals surface area contributed by atoms with Gasteiger partial charge in [-0.15, -0.1) is 0 Å². The second kappa shape index (κ2) is 5.65. The molecule has 0 spiro atoms. The van der Waals surface area contributed by atoms with Crippen LogP contribution in [0.5, 0.6) is 0 Å². The minimum Gasteiger partial charge on any atom is -0.342 e. The molecule has 2 rings (SSSR count). The Balaban J connectivity index is 2.37. The number of hydrogen-bond acceptors (Lipinski definition) is 2. The molecule has 2 unspecified atom stereocenters. The molecule has 1 aliphatic rings. The smallest absolute Gasteiger partial charge is 0.250 e. The van der Waals surface area contributed by atoms with Gasteiger partial charge in [-0.3, -0.25) is 14.5 Å². The highest BCUT2D eigenvalue weighted by atomic mass is 16.2. The first kappa shape index (κ1) is 14.6. The zero-order valence-corrected chi connectivity index (χ0v) is 12.6. The third kappa shape index (κ3) is 2.55. The molecule has 0 bridgehead atoms. The van der Waals surface area contributed by atoms with Gasteiger partial charge in [0.25, 0.3) is 0 Å². The maximum absolute atomic E-state index is 12.6.